The van der Waals surface area contributed by atoms with Crippen molar-refractivity contribution in [2.45, 2.75) is 13.8 Å². The van der Waals surface area contributed by atoms with E-state index < -0.39 is 17.9 Å². The Hall–Kier alpha value is -2.88. The van der Waals surface area contributed by atoms with Crippen molar-refractivity contribution < 1.29 is 28.6 Å². The van der Waals surface area contributed by atoms with E-state index >= 15 is 0 Å². The molecule has 2 aliphatic heterocycles. The van der Waals surface area contributed by atoms with Crippen molar-refractivity contribution in [3.8, 4) is 11.5 Å². The van der Waals surface area contributed by atoms with E-state index in [9.17, 15) is 14.4 Å². The van der Waals surface area contributed by atoms with Crippen molar-refractivity contribution in [1.29, 1.82) is 0 Å². The second-order valence-corrected chi connectivity index (χ2v) is 6.57. The van der Waals surface area contributed by atoms with Crippen LogP contribution in [0, 0.1) is 5.92 Å². The van der Waals surface area contributed by atoms with Gasteiger partial charge in [0.15, 0.2) is 11.5 Å². The number of amides is 3. The van der Waals surface area contributed by atoms with Crippen molar-refractivity contribution in [3.63, 3.8) is 0 Å². The number of hydrogen-bond donors (Lipinski definition) is 1. The van der Waals surface area contributed by atoms with Crippen LogP contribution < -0.4 is 14.8 Å². The largest absolute Gasteiger partial charge is 0.465 e. The number of benzene rings is 1. The average molecular weight is 391 g/mol. The van der Waals surface area contributed by atoms with Crippen LogP contribution in [0.3, 0.4) is 0 Å². The molecule has 0 bridgehead atoms. The van der Waals surface area contributed by atoms with E-state index in [1.165, 1.54) is 0 Å². The quantitative estimate of drug-likeness (QED) is 0.765. The number of urea groups is 1. The Bertz CT molecular complexity index is 851. The lowest BCUT2D eigenvalue weighted by Crippen LogP contribution is -2.34. The van der Waals surface area contributed by atoms with E-state index in [0.717, 1.165) is 11.8 Å². The molecule has 0 radical (unpaired) electrons. The summed E-state index contributed by atoms with van der Waals surface area (Å²) in [6.45, 7) is 3.58. The first-order chi connectivity index (χ1) is 13.0. The highest BCUT2D eigenvalue weighted by Gasteiger charge is 2.33. The summed E-state index contributed by atoms with van der Waals surface area (Å²) >= 11 is 0.999. The minimum atomic E-state index is -0.869. The molecule has 2 aliphatic rings. The number of thioether (sulfide) groups is 1. The van der Waals surface area contributed by atoms with Crippen LogP contribution in [0.5, 0.6) is 11.5 Å². The zero-order valence-corrected chi connectivity index (χ0v) is 15.5. The van der Waals surface area contributed by atoms with Gasteiger partial charge in [0.2, 0.25) is 12.7 Å². The van der Waals surface area contributed by atoms with E-state index in [-0.39, 0.29) is 30.1 Å². The van der Waals surface area contributed by atoms with Gasteiger partial charge < -0.3 is 19.5 Å². The molecule has 10 heteroatoms. The molecule has 3 rings (SSSR count). The number of fused-ring (bicyclic) bond motifs is 1. The zero-order valence-electron chi connectivity index (χ0n) is 14.7. The lowest BCUT2D eigenvalue weighted by molar-refractivity contribution is -0.143. The van der Waals surface area contributed by atoms with Gasteiger partial charge >= 0.3 is 12.0 Å². The summed E-state index contributed by atoms with van der Waals surface area (Å²) in [5, 5.41) is 2.92. The van der Waals surface area contributed by atoms with Gasteiger partial charge in [-0.1, -0.05) is 11.8 Å². The molecule has 1 aromatic rings. The smallest absolute Gasteiger partial charge is 0.367 e. The number of carbonyl (C=O) groups is 3. The normalized spacial score (nSPS) is 17.9. The Morgan fingerprint density at radius 2 is 2.07 bits per heavy atom. The lowest BCUT2D eigenvalue weighted by atomic mass is 10.1. The summed E-state index contributed by atoms with van der Waals surface area (Å²) in [7, 11) is 0. The third kappa shape index (κ3) is 4.45. The Balaban J connectivity index is 1.62. The summed E-state index contributed by atoms with van der Waals surface area (Å²) in [5.74, 6) is -0.609. The van der Waals surface area contributed by atoms with E-state index in [2.05, 4.69) is 15.3 Å². The number of nitrogens with one attached hydrogen (secondary N) is 1. The van der Waals surface area contributed by atoms with Gasteiger partial charge in [0, 0.05) is 17.5 Å². The fourth-order valence-electron chi connectivity index (χ4n) is 2.50. The first kappa shape index (κ1) is 18.9. The second kappa shape index (κ2) is 8.21. The maximum atomic E-state index is 12.2. The Morgan fingerprint density at radius 3 is 2.85 bits per heavy atom. The number of rotatable bonds is 5. The zero-order chi connectivity index (χ0) is 19.4. The summed E-state index contributed by atoms with van der Waals surface area (Å²) in [4.78, 5) is 43.4. The van der Waals surface area contributed by atoms with Crippen molar-refractivity contribution in [2.24, 2.45) is 15.9 Å². The Morgan fingerprint density at radius 1 is 1.30 bits per heavy atom. The van der Waals surface area contributed by atoms with Crippen molar-refractivity contribution >= 4 is 46.1 Å². The molecule has 27 heavy (non-hydrogen) atoms. The van der Waals surface area contributed by atoms with Gasteiger partial charge in [0.05, 0.1) is 17.4 Å². The third-order valence-corrected chi connectivity index (χ3v) is 4.70. The first-order valence-corrected chi connectivity index (χ1v) is 9.13. The maximum absolute atomic E-state index is 12.2. The average Bonchev–Trinajstić information content (AvgIpc) is 3.07. The number of nitrogens with zero attached hydrogens (tertiary/aromatic N) is 2. The van der Waals surface area contributed by atoms with Crippen molar-refractivity contribution in [3.05, 3.63) is 18.2 Å². The fourth-order valence-corrected chi connectivity index (χ4v) is 3.43. The summed E-state index contributed by atoms with van der Waals surface area (Å²) in [5.41, 5.74) is 0.846. The van der Waals surface area contributed by atoms with Crippen LogP contribution >= 0.6 is 11.8 Å². The Labute approximate surface area is 159 Å². The van der Waals surface area contributed by atoms with E-state index in [4.69, 9.17) is 14.2 Å². The molecule has 0 spiro atoms. The van der Waals surface area contributed by atoms with Crippen LogP contribution in [0.2, 0.25) is 0 Å². The molecule has 1 N–H and O–H groups in total. The Kier molecular flexibility index (Phi) is 5.75. The first-order valence-electron chi connectivity index (χ1n) is 8.14. The second-order valence-electron chi connectivity index (χ2n) is 5.58. The molecule has 9 nitrogen and oxygen atoms in total. The number of ether oxygens (including phenoxy) is 3. The standard InChI is InChI=1S/C17H17N3O6S/c1-3-24-16(22)14-9(2)18-17(23)20-15(14)27-7-13(21)19-10-4-5-11-12(6-10)26-8-25-11/h4-6,14H,3,7-8H2,1-2H3,(H,19,21). The highest BCUT2D eigenvalue weighted by Crippen LogP contribution is 2.34. The molecule has 1 unspecified atom stereocenters. The molecule has 0 aliphatic carbocycles. The molecule has 1 aromatic carbocycles. The third-order valence-electron chi connectivity index (χ3n) is 3.67. The number of anilines is 1. The molecule has 142 valence electrons. The minimum absolute atomic E-state index is 0.0380. The highest BCUT2D eigenvalue weighted by atomic mass is 32.2. The number of esters is 1. The monoisotopic (exact) mass is 391 g/mol. The van der Waals surface area contributed by atoms with Gasteiger partial charge in [-0.3, -0.25) is 9.59 Å². The SMILES string of the molecule is CCOC(=O)C1C(C)=NC(=O)N=C1SCC(=O)Nc1ccc2c(c1)OCO2. The van der Waals surface area contributed by atoms with Gasteiger partial charge in [0.25, 0.3) is 0 Å². The van der Waals surface area contributed by atoms with Gasteiger partial charge in [-0.05, 0) is 26.0 Å². The van der Waals surface area contributed by atoms with Gasteiger partial charge in [-0.2, -0.15) is 9.98 Å². The molecule has 0 saturated heterocycles. The molecule has 0 aromatic heterocycles. The van der Waals surface area contributed by atoms with Crippen LogP contribution in [-0.4, -0.2) is 47.8 Å². The molecular formula is C17H17N3O6S. The van der Waals surface area contributed by atoms with Crippen LogP contribution in [-0.2, 0) is 14.3 Å². The number of hydrogen-bond acceptors (Lipinski definition) is 7. The number of carbonyl (C=O) groups excluding carboxylic acids is 3. The minimum Gasteiger partial charge on any atom is -0.465 e. The van der Waals surface area contributed by atoms with E-state index in [1.807, 2.05) is 0 Å². The molecule has 0 saturated carbocycles. The maximum Gasteiger partial charge on any atom is 0.367 e. The van der Waals surface area contributed by atoms with E-state index in [1.54, 1.807) is 32.0 Å². The molecule has 3 amide bonds. The van der Waals surface area contributed by atoms with E-state index in [0.29, 0.717) is 22.9 Å². The predicted octanol–water partition coefficient (Wildman–Crippen LogP) is 2.26. The van der Waals surface area contributed by atoms with Gasteiger partial charge in [-0.25, -0.2) is 4.79 Å². The van der Waals surface area contributed by atoms with Crippen molar-refractivity contribution in [2.75, 3.05) is 24.5 Å². The van der Waals surface area contributed by atoms with Gasteiger partial charge in [0.1, 0.15) is 5.92 Å². The summed E-state index contributed by atoms with van der Waals surface area (Å²) in [6.07, 6.45) is 0. The fraction of sp³-hybridized carbons (Fsp3) is 0.353. The highest BCUT2D eigenvalue weighted by molar-refractivity contribution is 8.14. The molecular weight excluding hydrogens is 374 g/mol. The van der Waals surface area contributed by atoms with Crippen LogP contribution in [0.4, 0.5) is 10.5 Å². The van der Waals surface area contributed by atoms with Crippen LogP contribution in [0.25, 0.3) is 0 Å². The molecule has 2 heterocycles. The lowest BCUT2D eigenvalue weighted by Gasteiger charge is -2.19. The predicted molar refractivity (Wildman–Crippen MR) is 99.7 cm³/mol. The van der Waals surface area contributed by atoms with Gasteiger partial charge in [-0.15, -0.1) is 0 Å². The van der Waals surface area contributed by atoms with Crippen LogP contribution in [0.15, 0.2) is 28.2 Å². The molecule has 0 fully saturated rings. The molecule has 1 atom stereocenters. The number of aliphatic imine (C=N–C) groups is 2. The summed E-state index contributed by atoms with van der Waals surface area (Å²) in [6, 6.07) is 4.35. The van der Waals surface area contributed by atoms with Crippen molar-refractivity contribution in [1.82, 2.24) is 0 Å². The van der Waals surface area contributed by atoms with Crippen LogP contribution in [0.1, 0.15) is 13.8 Å². The topological polar surface area (TPSA) is 116 Å². The summed E-state index contributed by atoms with van der Waals surface area (Å²) < 4.78 is 15.5.